The molecule has 94 valence electrons. The molecular weight excluding hydrogens is 258 g/mol. The third-order valence-electron chi connectivity index (χ3n) is 3.06. The highest BCUT2D eigenvalue weighted by molar-refractivity contribution is 6.30. The Kier molecular flexibility index (Phi) is 2.91. The molecule has 0 saturated carbocycles. The minimum atomic E-state index is 0.496. The molecule has 19 heavy (non-hydrogen) atoms. The van der Waals surface area contributed by atoms with E-state index in [0.717, 1.165) is 27.7 Å². The highest BCUT2D eigenvalue weighted by atomic mass is 35.5. The molecule has 0 aliphatic heterocycles. The van der Waals surface area contributed by atoms with Gasteiger partial charge in [-0.3, -0.25) is 4.98 Å². The maximum absolute atomic E-state index is 6.12. The van der Waals surface area contributed by atoms with Crippen molar-refractivity contribution in [3.8, 4) is 11.3 Å². The van der Waals surface area contributed by atoms with Gasteiger partial charge in [0.1, 0.15) is 11.0 Å². The van der Waals surface area contributed by atoms with Gasteiger partial charge in [-0.1, -0.05) is 29.8 Å². The third kappa shape index (κ3) is 2.17. The van der Waals surface area contributed by atoms with Crippen LogP contribution in [0, 0.1) is 13.8 Å². The molecule has 1 aromatic carbocycles. The monoisotopic (exact) mass is 269 g/mol. The van der Waals surface area contributed by atoms with E-state index in [1.165, 1.54) is 0 Å². The van der Waals surface area contributed by atoms with E-state index in [1.807, 2.05) is 44.3 Å². The number of para-hydroxylation sites is 1. The molecule has 0 saturated heterocycles. The van der Waals surface area contributed by atoms with Crippen LogP contribution in [0.1, 0.15) is 11.4 Å². The van der Waals surface area contributed by atoms with Gasteiger partial charge in [0.05, 0.1) is 11.2 Å². The van der Waals surface area contributed by atoms with E-state index in [0.29, 0.717) is 11.0 Å². The average molecular weight is 270 g/mol. The van der Waals surface area contributed by atoms with Crippen LogP contribution in [0.3, 0.4) is 0 Å². The van der Waals surface area contributed by atoms with Gasteiger partial charge in [-0.15, -0.1) is 0 Å². The Morgan fingerprint density at radius 3 is 2.68 bits per heavy atom. The largest absolute Gasteiger partial charge is 0.256 e. The van der Waals surface area contributed by atoms with Gasteiger partial charge in [-0.05, 0) is 26.0 Å². The number of pyridine rings is 1. The second kappa shape index (κ2) is 4.59. The van der Waals surface area contributed by atoms with Crippen molar-refractivity contribution in [3.05, 3.63) is 53.1 Å². The zero-order valence-corrected chi connectivity index (χ0v) is 11.4. The van der Waals surface area contributed by atoms with Crippen molar-refractivity contribution in [2.24, 2.45) is 0 Å². The van der Waals surface area contributed by atoms with Crippen molar-refractivity contribution >= 4 is 22.5 Å². The molecule has 0 N–H and O–H groups in total. The molecular formula is C15H12ClN3. The molecule has 0 spiro atoms. The lowest BCUT2D eigenvalue weighted by atomic mass is 10.1. The molecule has 0 atom stereocenters. The molecule has 0 unspecified atom stereocenters. The topological polar surface area (TPSA) is 38.7 Å². The second-order valence-electron chi connectivity index (χ2n) is 4.45. The number of rotatable bonds is 1. The Labute approximate surface area is 116 Å². The van der Waals surface area contributed by atoms with Crippen LogP contribution in [0.15, 0.2) is 36.5 Å². The predicted molar refractivity (Wildman–Crippen MR) is 77.3 cm³/mol. The van der Waals surface area contributed by atoms with Crippen molar-refractivity contribution < 1.29 is 0 Å². The van der Waals surface area contributed by atoms with E-state index in [2.05, 4.69) is 21.0 Å². The molecule has 4 heteroatoms. The van der Waals surface area contributed by atoms with E-state index >= 15 is 0 Å². The van der Waals surface area contributed by atoms with Gasteiger partial charge in [0.2, 0.25) is 0 Å². The highest BCUT2D eigenvalue weighted by Crippen LogP contribution is 2.27. The fourth-order valence-corrected chi connectivity index (χ4v) is 2.29. The maximum atomic E-state index is 6.12. The van der Waals surface area contributed by atoms with Crippen LogP contribution in [-0.4, -0.2) is 15.0 Å². The lowest BCUT2D eigenvalue weighted by Gasteiger charge is -2.08. The standard InChI is InChI=1S/C15H12ClN3/c1-9-14(18-10(2)19-15(9)16)12-7-11-5-3-4-6-13(11)17-8-12/h3-8H,1-2H3. The molecule has 0 fully saturated rings. The van der Waals surface area contributed by atoms with Gasteiger partial charge in [0.15, 0.2) is 0 Å². The Bertz CT molecular complexity index is 768. The molecule has 3 nitrogen and oxygen atoms in total. The summed E-state index contributed by atoms with van der Waals surface area (Å²) in [5, 5.41) is 1.59. The zero-order valence-electron chi connectivity index (χ0n) is 10.7. The van der Waals surface area contributed by atoms with Gasteiger partial charge in [0.25, 0.3) is 0 Å². The molecule has 0 bridgehead atoms. The Hall–Kier alpha value is -2.00. The van der Waals surface area contributed by atoms with Crippen LogP contribution in [0.25, 0.3) is 22.2 Å². The smallest absolute Gasteiger partial charge is 0.136 e. The molecule has 3 rings (SSSR count). The molecule has 2 aromatic heterocycles. The summed E-state index contributed by atoms with van der Waals surface area (Å²) < 4.78 is 0. The molecule has 0 radical (unpaired) electrons. The number of benzene rings is 1. The number of aryl methyl sites for hydroxylation is 1. The molecule has 0 amide bonds. The van der Waals surface area contributed by atoms with Crippen molar-refractivity contribution in [1.29, 1.82) is 0 Å². The summed E-state index contributed by atoms with van der Waals surface area (Å²) in [6, 6.07) is 10.1. The number of hydrogen-bond donors (Lipinski definition) is 0. The first-order valence-corrected chi connectivity index (χ1v) is 6.39. The summed E-state index contributed by atoms with van der Waals surface area (Å²) in [5.74, 6) is 0.666. The fraction of sp³-hybridized carbons (Fsp3) is 0.133. The van der Waals surface area contributed by atoms with Gasteiger partial charge in [0, 0.05) is 22.7 Å². The summed E-state index contributed by atoms with van der Waals surface area (Å²) in [6.45, 7) is 3.76. The molecule has 3 aromatic rings. The first-order chi connectivity index (χ1) is 9.15. The Morgan fingerprint density at radius 1 is 1.05 bits per heavy atom. The lowest BCUT2D eigenvalue weighted by Crippen LogP contribution is -1.97. The van der Waals surface area contributed by atoms with Crippen LogP contribution >= 0.6 is 11.6 Å². The fourth-order valence-electron chi connectivity index (χ4n) is 2.08. The first-order valence-electron chi connectivity index (χ1n) is 6.01. The second-order valence-corrected chi connectivity index (χ2v) is 4.81. The van der Waals surface area contributed by atoms with Gasteiger partial charge < -0.3 is 0 Å². The predicted octanol–water partition coefficient (Wildman–Crippen LogP) is 3.96. The third-order valence-corrected chi connectivity index (χ3v) is 3.43. The summed E-state index contributed by atoms with van der Waals surface area (Å²) in [6.07, 6.45) is 1.83. The quantitative estimate of drug-likeness (QED) is 0.628. The van der Waals surface area contributed by atoms with Crippen LogP contribution in [0.5, 0.6) is 0 Å². The summed E-state index contributed by atoms with van der Waals surface area (Å²) in [7, 11) is 0. The SMILES string of the molecule is Cc1nc(Cl)c(C)c(-c2cnc3ccccc3c2)n1. The maximum Gasteiger partial charge on any atom is 0.136 e. The summed E-state index contributed by atoms with van der Waals surface area (Å²) in [5.41, 5.74) is 3.66. The number of hydrogen-bond acceptors (Lipinski definition) is 3. The van der Waals surface area contributed by atoms with Crippen LogP contribution < -0.4 is 0 Å². The first kappa shape index (κ1) is 12.1. The lowest BCUT2D eigenvalue weighted by molar-refractivity contribution is 1.04. The minimum absolute atomic E-state index is 0.496. The highest BCUT2D eigenvalue weighted by Gasteiger charge is 2.10. The summed E-state index contributed by atoms with van der Waals surface area (Å²) in [4.78, 5) is 13.1. The minimum Gasteiger partial charge on any atom is -0.256 e. The number of nitrogens with zero attached hydrogens (tertiary/aromatic N) is 3. The molecule has 0 aliphatic carbocycles. The van der Waals surface area contributed by atoms with Crippen LogP contribution in [0.2, 0.25) is 5.15 Å². The average Bonchev–Trinajstić information content (AvgIpc) is 2.42. The zero-order chi connectivity index (χ0) is 13.4. The van der Waals surface area contributed by atoms with Gasteiger partial charge >= 0.3 is 0 Å². The van der Waals surface area contributed by atoms with Gasteiger partial charge in [-0.2, -0.15) is 0 Å². The van der Waals surface area contributed by atoms with Crippen molar-refractivity contribution in [2.75, 3.05) is 0 Å². The van der Waals surface area contributed by atoms with E-state index in [9.17, 15) is 0 Å². The van der Waals surface area contributed by atoms with E-state index < -0.39 is 0 Å². The normalized spacial score (nSPS) is 10.9. The van der Waals surface area contributed by atoms with E-state index in [4.69, 9.17) is 11.6 Å². The Morgan fingerprint density at radius 2 is 1.84 bits per heavy atom. The number of halogens is 1. The summed E-state index contributed by atoms with van der Waals surface area (Å²) >= 11 is 6.12. The number of aromatic nitrogens is 3. The molecule has 2 heterocycles. The Balaban J connectivity index is 2.24. The molecule has 0 aliphatic rings. The van der Waals surface area contributed by atoms with E-state index in [1.54, 1.807) is 0 Å². The number of fused-ring (bicyclic) bond motifs is 1. The van der Waals surface area contributed by atoms with Crippen molar-refractivity contribution in [1.82, 2.24) is 15.0 Å². The van der Waals surface area contributed by atoms with E-state index in [-0.39, 0.29) is 0 Å². The van der Waals surface area contributed by atoms with Gasteiger partial charge in [-0.25, -0.2) is 9.97 Å². The van der Waals surface area contributed by atoms with Crippen molar-refractivity contribution in [2.45, 2.75) is 13.8 Å². The van der Waals surface area contributed by atoms with Crippen molar-refractivity contribution in [3.63, 3.8) is 0 Å². The van der Waals surface area contributed by atoms with Crippen LogP contribution in [0.4, 0.5) is 0 Å². The van der Waals surface area contributed by atoms with Crippen LogP contribution in [-0.2, 0) is 0 Å².